The van der Waals surface area contributed by atoms with Crippen LogP contribution in [0.1, 0.15) is 54.8 Å². The van der Waals surface area contributed by atoms with Gasteiger partial charge in [0.15, 0.2) is 6.10 Å². The smallest absolute Gasteiger partial charge is 0.333 e. The van der Waals surface area contributed by atoms with Crippen LogP contribution in [-0.2, 0) is 22.5 Å². The molecule has 4 rings (SSSR count). The summed E-state index contributed by atoms with van der Waals surface area (Å²) in [5, 5.41) is 10.5. The lowest BCUT2D eigenvalue weighted by atomic mass is 9.99. The van der Waals surface area contributed by atoms with E-state index in [2.05, 4.69) is 48.7 Å². The Kier molecular flexibility index (Phi) is 6.89. The third kappa shape index (κ3) is 4.77. The van der Waals surface area contributed by atoms with E-state index in [9.17, 15) is 9.90 Å². The van der Waals surface area contributed by atoms with Gasteiger partial charge in [0.1, 0.15) is 11.5 Å². The molecule has 0 bridgehead atoms. The molecule has 1 unspecified atom stereocenters. The van der Waals surface area contributed by atoms with Crippen molar-refractivity contribution < 1.29 is 19.1 Å². The second kappa shape index (κ2) is 9.85. The van der Waals surface area contributed by atoms with Crippen LogP contribution in [-0.4, -0.2) is 33.3 Å². The predicted molar refractivity (Wildman–Crippen MR) is 133 cm³/mol. The zero-order valence-electron chi connectivity index (χ0n) is 20.5. The maximum atomic E-state index is 11.5. The number of ether oxygens (including phenoxy) is 1. The molecule has 2 aromatic carbocycles. The molecule has 0 saturated carbocycles. The van der Waals surface area contributed by atoms with Crippen LogP contribution in [0.2, 0.25) is 0 Å². The van der Waals surface area contributed by atoms with E-state index >= 15 is 0 Å². The molecule has 178 valence electrons. The van der Waals surface area contributed by atoms with Gasteiger partial charge in [-0.25, -0.2) is 9.78 Å². The molecule has 2 heterocycles. The lowest BCUT2D eigenvalue weighted by molar-refractivity contribution is -0.149. The molecule has 1 N–H and O–H groups in total. The molecule has 0 aliphatic heterocycles. The fraction of sp³-hybridized carbons (Fsp3) is 0.357. The van der Waals surface area contributed by atoms with Crippen LogP contribution in [0.25, 0.3) is 22.4 Å². The third-order valence-electron chi connectivity index (χ3n) is 6.42. The Morgan fingerprint density at radius 1 is 1.12 bits per heavy atom. The Morgan fingerprint density at radius 3 is 2.50 bits per heavy atom. The number of aryl methyl sites for hydroxylation is 2. The maximum absolute atomic E-state index is 11.5. The van der Waals surface area contributed by atoms with Crippen LogP contribution in [0.4, 0.5) is 0 Å². The van der Waals surface area contributed by atoms with Crippen molar-refractivity contribution in [1.82, 2.24) is 9.55 Å². The number of aromatic nitrogens is 2. The van der Waals surface area contributed by atoms with Gasteiger partial charge in [0.25, 0.3) is 0 Å². The van der Waals surface area contributed by atoms with Crippen LogP contribution in [0, 0.1) is 13.8 Å². The minimum atomic E-state index is -0.935. The lowest BCUT2D eigenvalue weighted by Crippen LogP contribution is -2.26. The zero-order valence-corrected chi connectivity index (χ0v) is 20.5. The number of hydrogen-bond acceptors (Lipinski definition) is 4. The summed E-state index contributed by atoms with van der Waals surface area (Å²) in [4.78, 5) is 16.3. The third-order valence-corrected chi connectivity index (χ3v) is 6.42. The molecular formula is C28H32N2O4. The van der Waals surface area contributed by atoms with Crippen molar-refractivity contribution in [2.24, 2.45) is 0 Å². The number of carbonyl (C=O) groups is 1. The van der Waals surface area contributed by atoms with Gasteiger partial charge in [-0.05, 0) is 67.6 Å². The molecule has 1 atom stereocenters. The van der Waals surface area contributed by atoms with E-state index in [1.165, 1.54) is 5.56 Å². The number of nitrogens with zero attached hydrogens (tertiary/aromatic N) is 2. The van der Waals surface area contributed by atoms with E-state index in [1.54, 1.807) is 0 Å². The normalized spacial score (nSPS) is 12.5. The number of fused-ring (bicyclic) bond motifs is 1. The number of oxazole rings is 1. The summed E-state index contributed by atoms with van der Waals surface area (Å²) in [6.45, 7) is 11.1. The monoisotopic (exact) mass is 460 g/mol. The average Bonchev–Trinajstić information content (AvgIpc) is 3.39. The van der Waals surface area contributed by atoms with Crippen LogP contribution in [0.5, 0.6) is 0 Å². The first-order chi connectivity index (χ1) is 16.3. The van der Waals surface area contributed by atoms with Crippen molar-refractivity contribution >= 4 is 16.9 Å². The Labute approximate surface area is 200 Å². The fourth-order valence-corrected chi connectivity index (χ4v) is 4.31. The summed E-state index contributed by atoms with van der Waals surface area (Å²) in [6, 6.07) is 14.5. The number of benzene rings is 2. The molecule has 0 fully saturated rings. The Balaban J connectivity index is 1.58. The Morgan fingerprint density at radius 2 is 1.85 bits per heavy atom. The van der Waals surface area contributed by atoms with E-state index in [0.717, 1.165) is 39.0 Å². The molecule has 34 heavy (non-hydrogen) atoms. The molecule has 0 saturated heterocycles. The standard InChI is InChI=1S/C28H32N2O4/c1-6-33-26(28(31)32)15-22-11-12-25-23(18(22)4)13-14-30(25)16-24-19(5)34-27(29-24)21-9-7-20(8-10-21)17(2)3/h7-14,17,26H,6,15-16H2,1-5H3,(H,31,32). The van der Waals surface area contributed by atoms with Gasteiger partial charge < -0.3 is 18.8 Å². The van der Waals surface area contributed by atoms with Gasteiger partial charge in [-0.1, -0.05) is 32.0 Å². The van der Waals surface area contributed by atoms with E-state index in [1.807, 2.05) is 39.1 Å². The van der Waals surface area contributed by atoms with E-state index in [-0.39, 0.29) is 0 Å². The minimum Gasteiger partial charge on any atom is -0.479 e. The summed E-state index contributed by atoms with van der Waals surface area (Å²) in [5.41, 5.74) is 6.29. The van der Waals surface area contributed by atoms with Crippen molar-refractivity contribution in [3.63, 3.8) is 0 Å². The van der Waals surface area contributed by atoms with Crippen molar-refractivity contribution in [2.45, 2.75) is 59.6 Å². The van der Waals surface area contributed by atoms with Crippen LogP contribution >= 0.6 is 0 Å². The van der Waals surface area contributed by atoms with Gasteiger partial charge in [0.2, 0.25) is 5.89 Å². The molecule has 0 aliphatic carbocycles. The van der Waals surface area contributed by atoms with Gasteiger partial charge in [0, 0.05) is 35.7 Å². The first-order valence-electron chi connectivity index (χ1n) is 11.8. The molecule has 2 aromatic heterocycles. The van der Waals surface area contributed by atoms with Crippen molar-refractivity contribution in [2.75, 3.05) is 6.61 Å². The SMILES string of the molecule is CCOC(Cc1ccc2c(ccn2Cc2nc(-c3ccc(C(C)C)cc3)oc2C)c1C)C(=O)O. The number of carboxylic acids is 1. The fourth-order valence-electron chi connectivity index (χ4n) is 4.31. The summed E-state index contributed by atoms with van der Waals surface area (Å²) in [7, 11) is 0. The average molecular weight is 461 g/mol. The highest BCUT2D eigenvalue weighted by Crippen LogP contribution is 2.28. The predicted octanol–water partition coefficient (Wildman–Crippen LogP) is 6.12. The molecule has 6 heteroatoms. The minimum absolute atomic E-state index is 0.345. The highest BCUT2D eigenvalue weighted by Gasteiger charge is 2.20. The van der Waals surface area contributed by atoms with Crippen LogP contribution in [0.3, 0.4) is 0 Å². The van der Waals surface area contributed by atoms with Crippen LogP contribution < -0.4 is 0 Å². The van der Waals surface area contributed by atoms with Gasteiger partial charge >= 0.3 is 5.97 Å². The van der Waals surface area contributed by atoms with Gasteiger partial charge in [-0.2, -0.15) is 0 Å². The second-order valence-corrected chi connectivity index (χ2v) is 9.01. The lowest BCUT2D eigenvalue weighted by Gasteiger charge is -2.15. The highest BCUT2D eigenvalue weighted by atomic mass is 16.5. The van der Waals surface area contributed by atoms with Crippen molar-refractivity contribution in [3.05, 3.63) is 76.8 Å². The maximum Gasteiger partial charge on any atom is 0.333 e. The molecule has 0 aliphatic rings. The largest absolute Gasteiger partial charge is 0.479 e. The number of carboxylic acid groups (broad SMARTS) is 1. The Hall–Kier alpha value is -3.38. The highest BCUT2D eigenvalue weighted by molar-refractivity contribution is 5.85. The van der Waals surface area contributed by atoms with E-state index in [0.29, 0.717) is 31.4 Å². The quantitative estimate of drug-likeness (QED) is 0.326. The Bertz CT molecular complexity index is 1300. The van der Waals surface area contributed by atoms with Crippen molar-refractivity contribution in [3.8, 4) is 11.5 Å². The van der Waals surface area contributed by atoms with Gasteiger partial charge in [-0.3, -0.25) is 0 Å². The van der Waals surface area contributed by atoms with E-state index < -0.39 is 12.1 Å². The summed E-state index contributed by atoms with van der Waals surface area (Å²) in [5.74, 6) is 0.985. The summed E-state index contributed by atoms with van der Waals surface area (Å²) in [6.07, 6.45) is 1.55. The van der Waals surface area contributed by atoms with Gasteiger partial charge in [0.05, 0.1) is 6.54 Å². The van der Waals surface area contributed by atoms with Gasteiger partial charge in [-0.15, -0.1) is 0 Å². The first kappa shape index (κ1) is 23.8. The summed E-state index contributed by atoms with van der Waals surface area (Å²) < 4.78 is 13.6. The number of aliphatic carboxylic acids is 1. The first-order valence-corrected chi connectivity index (χ1v) is 11.8. The molecule has 4 aromatic rings. The molecule has 6 nitrogen and oxygen atoms in total. The second-order valence-electron chi connectivity index (χ2n) is 9.01. The molecule has 0 spiro atoms. The zero-order chi connectivity index (χ0) is 24.4. The van der Waals surface area contributed by atoms with Crippen molar-refractivity contribution in [1.29, 1.82) is 0 Å². The summed E-state index contributed by atoms with van der Waals surface area (Å²) >= 11 is 0. The number of rotatable bonds is 9. The molecule has 0 amide bonds. The molecule has 0 radical (unpaired) electrons. The topological polar surface area (TPSA) is 77.5 Å². The number of hydrogen-bond donors (Lipinski definition) is 1. The van der Waals surface area contributed by atoms with Crippen LogP contribution in [0.15, 0.2) is 53.1 Å². The van der Waals surface area contributed by atoms with E-state index in [4.69, 9.17) is 14.1 Å². The molecular weight excluding hydrogens is 428 g/mol.